The molecular weight excluding hydrogens is 523 g/mol. The number of hydrogen-bond acceptors (Lipinski definition) is 6. The van der Waals surface area contributed by atoms with Crippen LogP contribution in [0.4, 0.5) is 5.69 Å². The third-order valence-corrected chi connectivity index (χ3v) is 5.18. The number of methoxy groups -OCH3 is 2. The third-order valence-electron chi connectivity index (χ3n) is 5.18. The number of anilines is 1. The van der Waals surface area contributed by atoms with Crippen LogP contribution in [0.25, 0.3) is 5.70 Å². The number of nitrogens with one attached hydrogen (secondary N) is 2. The molecule has 1 aliphatic rings. The summed E-state index contributed by atoms with van der Waals surface area (Å²) in [6, 6.07) is 12.1. The summed E-state index contributed by atoms with van der Waals surface area (Å²) in [6.45, 7) is 11.9. The molecule has 0 saturated heterocycles. The van der Waals surface area contributed by atoms with E-state index in [1.165, 1.54) is 0 Å². The van der Waals surface area contributed by atoms with Gasteiger partial charge < -0.3 is 45.6 Å². The van der Waals surface area contributed by atoms with Gasteiger partial charge in [0.05, 0.1) is 25.6 Å². The standard InChI is InChI=1S/C27H29N4O4.2C3H7.Li/c1-4-29-26(32)18-10-13-20(14-11-18)31-27(33)22(28)17-21-8-6-5-7-9-23(30-21)19-12-15-24(34-2)25(16-19)35-3;2*1-3-2;/h5,7,9-17H,1,4,6,8,28H2,2-3H3,(H,29,32)(H,31,33);2*3H,1-2H3;/q3*-1;+1/b7-5-,22-17-,23-9-,30-21+;;;. The fourth-order valence-corrected chi connectivity index (χ4v) is 3.36. The topological polar surface area (TPSA) is 115 Å². The maximum Gasteiger partial charge on any atom is 1.00 e. The Kier molecular flexibility index (Phi) is 20.0. The van der Waals surface area contributed by atoms with Crippen LogP contribution in [0.3, 0.4) is 0 Å². The molecule has 0 spiro atoms. The summed E-state index contributed by atoms with van der Waals surface area (Å²) in [5.41, 5.74) is 9.33. The number of nitrogens with zero attached hydrogens (tertiary/aromatic N) is 1. The van der Waals surface area contributed by atoms with Crippen LogP contribution >= 0.6 is 0 Å². The Labute approximate surface area is 263 Å². The van der Waals surface area contributed by atoms with Crippen LogP contribution in [0.1, 0.15) is 56.5 Å². The monoisotopic (exact) mass is 566 g/mol. The first-order valence-electron chi connectivity index (χ1n) is 13.4. The van der Waals surface area contributed by atoms with Crippen LogP contribution < -0.4 is 44.7 Å². The molecule has 0 aromatic heterocycles. The zero-order chi connectivity index (χ0) is 30.6. The summed E-state index contributed by atoms with van der Waals surface area (Å²) in [7, 11) is 3.16. The molecule has 2 amide bonds. The summed E-state index contributed by atoms with van der Waals surface area (Å²) >= 11 is 0. The van der Waals surface area contributed by atoms with Gasteiger partial charge in [-0.25, -0.2) is 0 Å². The first-order valence-corrected chi connectivity index (χ1v) is 13.4. The smallest absolute Gasteiger partial charge is 0.493 e. The van der Waals surface area contributed by atoms with Gasteiger partial charge in [-0.15, -0.1) is 6.54 Å². The van der Waals surface area contributed by atoms with E-state index in [9.17, 15) is 9.59 Å². The molecule has 222 valence electrons. The number of aliphatic imine (C=N–C) groups is 1. The largest absolute Gasteiger partial charge is 1.00 e. The minimum Gasteiger partial charge on any atom is -0.493 e. The summed E-state index contributed by atoms with van der Waals surface area (Å²) in [5, 5.41) is 5.36. The van der Waals surface area contributed by atoms with E-state index >= 15 is 0 Å². The molecule has 0 radical (unpaired) electrons. The second-order valence-electron chi connectivity index (χ2n) is 8.73. The second kappa shape index (κ2) is 21.9. The van der Waals surface area contributed by atoms with E-state index < -0.39 is 5.91 Å². The van der Waals surface area contributed by atoms with Crippen LogP contribution in [0.5, 0.6) is 11.5 Å². The number of hydrogen-bond donors (Lipinski definition) is 3. The van der Waals surface area contributed by atoms with Gasteiger partial charge in [0.1, 0.15) is 0 Å². The van der Waals surface area contributed by atoms with E-state index in [1.807, 2.05) is 77.0 Å². The number of rotatable bonds is 8. The summed E-state index contributed by atoms with van der Waals surface area (Å²) in [5.74, 6) is 0.529. The maximum atomic E-state index is 12.7. The molecule has 9 heteroatoms. The molecule has 0 aliphatic carbocycles. The molecule has 2 aromatic rings. The van der Waals surface area contributed by atoms with E-state index in [-0.39, 0.29) is 30.5 Å². The van der Waals surface area contributed by atoms with Crippen LogP contribution in [-0.4, -0.2) is 38.3 Å². The number of nitrogens with two attached hydrogens (primary N) is 1. The molecule has 3 rings (SSSR count). The van der Waals surface area contributed by atoms with Crippen molar-refractivity contribution in [2.45, 2.75) is 40.5 Å². The van der Waals surface area contributed by atoms with Gasteiger partial charge in [0.15, 0.2) is 11.5 Å². The maximum absolute atomic E-state index is 12.7. The summed E-state index contributed by atoms with van der Waals surface area (Å²) in [4.78, 5) is 29.3. The predicted octanol–water partition coefficient (Wildman–Crippen LogP) is 3.35. The van der Waals surface area contributed by atoms with Crippen molar-refractivity contribution in [1.29, 1.82) is 0 Å². The van der Waals surface area contributed by atoms with E-state index in [0.29, 0.717) is 47.1 Å². The molecule has 0 saturated carbocycles. The van der Waals surface area contributed by atoms with Gasteiger partial charge in [-0.3, -0.25) is 14.6 Å². The SMILES string of the molecule is C[CH-]C.C[CH-]C.[CH2-]CNC(=O)c1ccc(NC(=O)/C(N)=C/C2=N/C(c3ccc(OC)c(OC)c3)=C\C=C/CC2)cc1.[Li+]. The zero-order valence-corrected chi connectivity index (χ0v) is 26.0. The number of allylic oxidation sites excluding steroid dienone is 4. The molecular formula is C33H43LiN4O4-2. The minimum atomic E-state index is -0.461. The van der Waals surface area contributed by atoms with E-state index in [2.05, 4.69) is 17.6 Å². The van der Waals surface area contributed by atoms with Crippen molar-refractivity contribution in [1.82, 2.24) is 5.32 Å². The number of benzene rings is 2. The molecule has 0 fully saturated rings. The molecule has 4 N–H and O–H groups in total. The molecule has 2 aromatic carbocycles. The van der Waals surface area contributed by atoms with Crippen molar-refractivity contribution < 1.29 is 37.9 Å². The van der Waals surface area contributed by atoms with Crippen molar-refractivity contribution >= 4 is 28.9 Å². The summed E-state index contributed by atoms with van der Waals surface area (Å²) < 4.78 is 10.7. The Morgan fingerprint density at radius 3 is 2.21 bits per heavy atom. The Balaban J connectivity index is 0.00000221. The molecule has 0 atom stereocenters. The zero-order valence-electron chi connectivity index (χ0n) is 26.0. The Morgan fingerprint density at radius 2 is 1.64 bits per heavy atom. The van der Waals surface area contributed by atoms with Gasteiger partial charge >= 0.3 is 18.9 Å². The fraction of sp³-hybridized carbons (Fsp3) is 0.273. The number of amides is 2. The average molecular weight is 567 g/mol. The van der Waals surface area contributed by atoms with Crippen molar-refractivity contribution in [2.24, 2.45) is 10.7 Å². The van der Waals surface area contributed by atoms with Crippen molar-refractivity contribution in [2.75, 3.05) is 26.1 Å². The molecule has 1 aliphatic heterocycles. The van der Waals surface area contributed by atoms with Gasteiger partial charge in [-0.05, 0) is 67.5 Å². The van der Waals surface area contributed by atoms with Gasteiger partial charge in [0.25, 0.3) is 5.91 Å². The Bertz CT molecular complexity index is 1230. The van der Waals surface area contributed by atoms with E-state index in [0.717, 1.165) is 12.0 Å². The first-order chi connectivity index (χ1) is 19.8. The second-order valence-corrected chi connectivity index (χ2v) is 8.73. The molecule has 0 bridgehead atoms. The normalized spacial score (nSPS) is 15.5. The van der Waals surface area contributed by atoms with Crippen molar-refractivity contribution in [3.05, 3.63) is 103 Å². The molecule has 8 nitrogen and oxygen atoms in total. The molecule has 1 heterocycles. The molecule has 42 heavy (non-hydrogen) atoms. The quantitative estimate of drug-likeness (QED) is 0.258. The van der Waals surface area contributed by atoms with E-state index in [1.54, 1.807) is 44.6 Å². The van der Waals surface area contributed by atoms with Gasteiger partial charge in [0.2, 0.25) is 5.91 Å². The van der Waals surface area contributed by atoms with E-state index in [4.69, 9.17) is 20.2 Å². The third kappa shape index (κ3) is 13.3. The fourth-order valence-electron chi connectivity index (χ4n) is 3.36. The van der Waals surface area contributed by atoms with Gasteiger partial charge in [-0.1, -0.05) is 12.2 Å². The molecule has 0 unspecified atom stereocenters. The van der Waals surface area contributed by atoms with Crippen LogP contribution in [0, 0.1) is 19.8 Å². The van der Waals surface area contributed by atoms with Crippen LogP contribution in [-0.2, 0) is 4.79 Å². The number of carbonyl (C=O) groups is 2. The minimum absolute atomic E-state index is 0. The van der Waals surface area contributed by atoms with Crippen LogP contribution in [0.15, 0.2) is 77.5 Å². The van der Waals surface area contributed by atoms with Crippen molar-refractivity contribution in [3.8, 4) is 11.5 Å². The Hall–Kier alpha value is -3.73. The van der Waals surface area contributed by atoms with Gasteiger partial charge in [0, 0.05) is 22.5 Å². The average Bonchev–Trinajstić information content (AvgIpc) is 2.95. The Morgan fingerprint density at radius 1 is 1.02 bits per heavy atom. The predicted molar refractivity (Wildman–Crippen MR) is 170 cm³/mol. The number of carbonyl (C=O) groups excluding carboxylic acids is 2. The summed E-state index contributed by atoms with van der Waals surface area (Å²) in [6.07, 6.45) is 12.8. The first kappa shape index (κ1) is 38.3. The van der Waals surface area contributed by atoms with Crippen LogP contribution in [0.2, 0.25) is 0 Å². The number of ether oxygens (including phenoxy) is 2. The van der Waals surface area contributed by atoms with Gasteiger partial charge in [-0.2, -0.15) is 27.7 Å². The van der Waals surface area contributed by atoms with Crippen molar-refractivity contribution in [3.63, 3.8) is 0 Å².